The summed E-state index contributed by atoms with van der Waals surface area (Å²) in [5.41, 5.74) is 26.6. The number of benzene rings is 11. The number of rotatable bonds is 9. The highest BCUT2D eigenvalue weighted by Crippen LogP contribution is 2.64. The monoisotopic (exact) mass is 955 g/mol. The molecule has 0 saturated carbocycles. The van der Waals surface area contributed by atoms with Crippen molar-refractivity contribution in [2.45, 2.75) is 12.3 Å². The number of nitrogens with zero attached hydrogens (tertiary/aromatic N) is 1. The minimum absolute atomic E-state index is 0.455. The highest BCUT2D eigenvalue weighted by molar-refractivity contribution is 6.24. The van der Waals surface area contributed by atoms with Gasteiger partial charge in [0.1, 0.15) is 11.2 Å². The topological polar surface area (TPSA) is 25.5 Å². The first-order valence-electron chi connectivity index (χ1n) is 25.8. The minimum atomic E-state index is -0.455. The molecule has 0 saturated heterocycles. The van der Waals surface area contributed by atoms with Gasteiger partial charge in [-0.15, -0.1) is 0 Å². The molecule has 2 heteroatoms. The van der Waals surface area contributed by atoms with Crippen LogP contribution in [0.25, 0.3) is 100.0 Å². The molecule has 0 aliphatic heterocycles. The normalized spacial score (nSPS) is 13.2. The second-order valence-corrected chi connectivity index (χ2v) is 19.9. The van der Waals surface area contributed by atoms with E-state index in [4.69, 9.17) is 9.41 Å². The molecule has 0 N–H and O–H groups in total. The molecule has 2 aliphatic carbocycles. The zero-order valence-corrected chi connectivity index (χ0v) is 41.5. The van der Waals surface area contributed by atoms with E-state index >= 15 is 0 Å². The number of hydrogen-bond donors (Lipinski definition) is 0. The Labute approximate surface area is 437 Å². The fourth-order valence-electron chi connectivity index (χ4n) is 12.2. The molecule has 1 aromatic heterocycles. The van der Waals surface area contributed by atoms with E-state index in [1.807, 2.05) is 6.07 Å². The van der Waals surface area contributed by atoms with E-state index < -0.39 is 5.41 Å². The van der Waals surface area contributed by atoms with Gasteiger partial charge in [-0.05, 0) is 150 Å². The smallest absolute Gasteiger partial charge is 0.136 e. The maximum Gasteiger partial charge on any atom is 0.136 e. The predicted molar refractivity (Wildman–Crippen MR) is 314 cm³/mol. The van der Waals surface area contributed by atoms with Gasteiger partial charge in [0.2, 0.25) is 0 Å². The van der Waals surface area contributed by atoms with Crippen LogP contribution in [0.2, 0.25) is 0 Å². The Morgan fingerprint density at radius 1 is 0.400 bits per heavy atom. The summed E-state index contributed by atoms with van der Waals surface area (Å²) < 4.78 is 6.73. The van der Waals surface area contributed by atoms with Gasteiger partial charge in [-0.25, -0.2) is 4.99 Å². The van der Waals surface area contributed by atoms with Crippen LogP contribution in [0.15, 0.2) is 283 Å². The van der Waals surface area contributed by atoms with Gasteiger partial charge in [0.05, 0.1) is 16.8 Å². The molecule has 2 nitrogen and oxygen atoms in total. The molecule has 0 bridgehead atoms. The van der Waals surface area contributed by atoms with E-state index in [9.17, 15) is 0 Å². The molecule has 0 fully saturated rings. The van der Waals surface area contributed by atoms with Crippen LogP contribution in [0, 0.1) is 0 Å². The summed E-state index contributed by atoms with van der Waals surface area (Å²) in [4.78, 5) is 5.47. The van der Waals surface area contributed by atoms with Crippen molar-refractivity contribution in [3.05, 3.63) is 312 Å². The molecule has 0 amide bonds. The summed E-state index contributed by atoms with van der Waals surface area (Å²) in [5.74, 6) is 0. The zero-order chi connectivity index (χ0) is 50.0. The zero-order valence-electron chi connectivity index (χ0n) is 41.5. The van der Waals surface area contributed by atoms with Crippen LogP contribution >= 0.6 is 0 Å². The van der Waals surface area contributed by atoms with Gasteiger partial charge >= 0.3 is 0 Å². The molecule has 1 heterocycles. The fourth-order valence-corrected chi connectivity index (χ4v) is 12.2. The summed E-state index contributed by atoms with van der Waals surface area (Å²) in [6, 6.07) is 94.3. The largest absolute Gasteiger partial charge is 0.456 e. The Kier molecular flexibility index (Phi) is 10.5. The predicted octanol–water partition coefficient (Wildman–Crippen LogP) is 19.2. The number of aliphatic imine (C=N–C) groups is 1. The van der Waals surface area contributed by atoms with Crippen LogP contribution in [0.5, 0.6) is 0 Å². The highest BCUT2D eigenvalue weighted by atomic mass is 16.3. The molecular formula is C73H49NO. The molecule has 1 spiro atoms. The standard InChI is InChI=1S/C73H49NO/c1-47(51-24-15-26-53(43-51)49-20-5-3-6-21-49)42-68(74-48(2)52-25-16-27-54(44-52)50-22-7-4-8-23-50)63-35-19-39-70-71(63)64-46-56(40-41-69(64)75-70)55-28-17-29-57(45-55)58-33-18-34-62-61-32-11-14-38-67(61)73(72(58)62)65-36-12-9-30-59(65)60-31-10-13-37-66(60)73/h3-46H,2H2,1H3/b47-42+,74-68?. The first-order valence-corrected chi connectivity index (χ1v) is 25.8. The number of allylic oxidation sites excluding steroid dienone is 2. The maximum atomic E-state index is 6.73. The fraction of sp³-hybridized carbons (Fsp3) is 0.0274. The second-order valence-electron chi connectivity index (χ2n) is 19.9. The van der Waals surface area contributed by atoms with Gasteiger partial charge in [0.25, 0.3) is 0 Å². The lowest BCUT2D eigenvalue weighted by Crippen LogP contribution is -2.26. The lowest BCUT2D eigenvalue weighted by atomic mass is 9.68. The second kappa shape index (κ2) is 17.8. The van der Waals surface area contributed by atoms with Gasteiger partial charge in [0.15, 0.2) is 0 Å². The molecular weight excluding hydrogens is 907 g/mol. The average molecular weight is 956 g/mol. The summed E-state index contributed by atoms with van der Waals surface area (Å²) in [5, 5.41) is 2.04. The van der Waals surface area contributed by atoms with Gasteiger partial charge in [-0.3, -0.25) is 0 Å². The van der Waals surface area contributed by atoms with E-state index in [2.05, 4.69) is 274 Å². The summed E-state index contributed by atoms with van der Waals surface area (Å²) in [6.45, 7) is 6.79. The van der Waals surface area contributed by atoms with Crippen molar-refractivity contribution in [2.24, 2.45) is 4.99 Å². The summed E-state index contributed by atoms with van der Waals surface area (Å²) in [6.07, 6.45) is 2.21. The van der Waals surface area contributed by atoms with Crippen molar-refractivity contribution in [1.29, 1.82) is 0 Å². The maximum absolute atomic E-state index is 6.73. The number of furan rings is 1. The van der Waals surface area contributed by atoms with Crippen LogP contribution in [-0.4, -0.2) is 5.71 Å². The van der Waals surface area contributed by atoms with Gasteiger partial charge in [-0.1, -0.05) is 231 Å². The van der Waals surface area contributed by atoms with Crippen LogP contribution in [0.1, 0.15) is 45.9 Å². The number of fused-ring (bicyclic) bond motifs is 13. The summed E-state index contributed by atoms with van der Waals surface area (Å²) in [7, 11) is 0. The van der Waals surface area contributed by atoms with Gasteiger partial charge in [0, 0.05) is 21.9 Å². The molecule has 14 rings (SSSR count). The first kappa shape index (κ1) is 44.1. The lowest BCUT2D eigenvalue weighted by Gasteiger charge is -2.32. The minimum Gasteiger partial charge on any atom is -0.456 e. The Bertz CT molecular complexity index is 4260. The summed E-state index contributed by atoms with van der Waals surface area (Å²) >= 11 is 0. The molecule has 352 valence electrons. The Balaban J connectivity index is 0.911. The van der Waals surface area contributed by atoms with Crippen molar-refractivity contribution >= 4 is 38.9 Å². The molecule has 75 heavy (non-hydrogen) atoms. The van der Waals surface area contributed by atoms with E-state index in [1.54, 1.807) is 0 Å². The van der Waals surface area contributed by atoms with Crippen LogP contribution in [0.3, 0.4) is 0 Å². The van der Waals surface area contributed by atoms with E-state index in [-0.39, 0.29) is 0 Å². The third-order valence-electron chi connectivity index (χ3n) is 15.6. The first-order chi connectivity index (χ1) is 37.0. The lowest BCUT2D eigenvalue weighted by molar-refractivity contribution is 0.669. The SMILES string of the molecule is C=C(N=C(/C=C(\C)c1cccc(-c2ccccc2)c1)c1cccc2oc3ccc(-c4cccc(-c5cccc6c5C5(c7ccccc7-c7ccccc75)c5ccccc5-6)c4)cc3c12)c1cccc(-c2ccccc2)c1. The van der Waals surface area contributed by atoms with E-state index in [0.717, 1.165) is 77.7 Å². The molecule has 0 atom stereocenters. The highest BCUT2D eigenvalue weighted by Gasteiger charge is 2.52. The van der Waals surface area contributed by atoms with Crippen LogP contribution in [-0.2, 0) is 5.41 Å². The molecule has 0 unspecified atom stereocenters. The quantitative estimate of drug-likeness (QED) is 0.132. The van der Waals surface area contributed by atoms with E-state index in [1.165, 1.54) is 61.2 Å². The van der Waals surface area contributed by atoms with Crippen molar-refractivity contribution < 1.29 is 4.42 Å². The Morgan fingerprint density at radius 2 is 0.880 bits per heavy atom. The molecule has 2 aliphatic rings. The van der Waals surface area contributed by atoms with Crippen LogP contribution in [0.4, 0.5) is 0 Å². The molecule has 11 aromatic carbocycles. The van der Waals surface area contributed by atoms with Crippen molar-refractivity contribution in [3.8, 4) is 66.8 Å². The third-order valence-corrected chi connectivity index (χ3v) is 15.6. The Morgan fingerprint density at radius 3 is 1.55 bits per heavy atom. The van der Waals surface area contributed by atoms with Gasteiger partial charge < -0.3 is 4.42 Å². The van der Waals surface area contributed by atoms with E-state index in [0.29, 0.717) is 5.70 Å². The van der Waals surface area contributed by atoms with Gasteiger partial charge in [-0.2, -0.15) is 0 Å². The molecule has 12 aromatic rings. The Hall–Kier alpha value is -9.63. The molecule has 0 radical (unpaired) electrons. The third kappa shape index (κ3) is 7.21. The van der Waals surface area contributed by atoms with Crippen molar-refractivity contribution in [3.63, 3.8) is 0 Å². The average Bonchev–Trinajstić information content (AvgIpc) is 4.12. The van der Waals surface area contributed by atoms with Crippen molar-refractivity contribution in [1.82, 2.24) is 0 Å². The number of hydrogen-bond acceptors (Lipinski definition) is 2. The van der Waals surface area contributed by atoms with Crippen molar-refractivity contribution in [2.75, 3.05) is 0 Å². The van der Waals surface area contributed by atoms with Crippen LogP contribution < -0.4 is 0 Å².